The second-order valence-corrected chi connectivity index (χ2v) is 7.36. The van der Waals surface area contributed by atoms with Crippen LogP contribution in [0.1, 0.15) is 40.5 Å². The Kier molecular flexibility index (Phi) is 5.20. The number of carbonyl (C=O) groups is 1. The zero-order chi connectivity index (χ0) is 19.5. The number of carbonyl (C=O) groups excluding carboxylic acids is 1. The number of piperidine rings is 1. The van der Waals surface area contributed by atoms with Crippen LogP contribution >= 0.6 is 0 Å². The predicted molar refractivity (Wildman–Crippen MR) is 109 cm³/mol. The van der Waals surface area contributed by atoms with E-state index in [0.717, 1.165) is 54.0 Å². The van der Waals surface area contributed by atoms with Crippen molar-refractivity contribution in [2.45, 2.75) is 25.7 Å². The van der Waals surface area contributed by atoms with Crippen molar-refractivity contribution in [1.82, 2.24) is 9.88 Å². The third-order valence-electron chi connectivity index (χ3n) is 5.37. The van der Waals surface area contributed by atoms with E-state index in [0.29, 0.717) is 5.92 Å². The van der Waals surface area contributed by atoms with E-state index in [2.05, 4.69) is 6.07 Å². The molecule has 142 valence electrons. The molecule has 0 N–H and O–H groups in total. The summed E-state index contributed by atoms with van der Waals surface area (Å²) >= 11 is 0. The Balaban J connectivity index is 1.49. The van der Waals surface area contributed by atoms with Gasteiger partial charge in [-0.15, -0.1) is 0 Å². The van der Waals surface area contributed by atoms with E-state index >= 15 is 0 Å². The number of hydrogen-bond donors (Lipinski definition) is 0. The maximum atomic E-state index is 13.2. The molecule has 4 heteroatoms. The van der Waals surface area contributed by atoms with Crippen molar-refractivity contribution < 1.29 is 9.18 Å². The Morgan fingerprint density at radius 1 is 0.964 bits per heavy atom. The lowest BCUT2D eigenvalue weighted by molar-refractivity contribution is 0.0712. The fraction of sp³-hybridized carbons (Fsp3) is 0.250. The first kappa shape index (κ1) is 18.4. The van der Waals surface area contributed by atoms with Crippen LogP contribution in [0.2, 0.25) is 0 Å². The normalized spacial score (nSPS) is 14.9. The van der Waals surface area contributed by atoms with E-state index in [4.69, 9.17) is 4.98 Å². The second kappa shape index (κ2) is 7.93. The van der Waals surface area contributed by atoms with Crippen molar-refractivity contribution >= 4 is 5.91 Å². The molecule has 0 radical (unpaired) electrons. The Morgan fingerprint density at radius 3 is 2.32 bits per heavy atom. The molecule has 1 fully saturated rings. The van der Waals surface area contributed by atoms with Crippen LogP contribution in [0.5, 0.6) is 0 Å². The number of amides is 1. The summed E-state index contributed by atoms with van der Waals surface area (Å²) in [4.78, 5) is 19.3. The van der Waals surface area contributed by atoms with Gasteiger partial charge in [0.05, 0.1) is 0 Å². The summed E-state index contributed by atoms with van der Waals surface area (Å²) in [6, 6.07) is 20.2. The molecule has 0 spiro atoms. The average Bonchev–Trinajstić information content (AvgIpc) is 2.74. The molecule has 2 heterocycles. The summed E-state index contributed by atoms with van der Waals surface area (Å²) in [7, 11) is 0. The second-order valence-electron chi connectivity index (χ2n) is 7.36. The van der Waals surface area contributed by atoms with Crippen molar-refractivity contribution in [2.24, 2.45) is 0 Å². The first-order valence-electron chi connectivity index (χ1n) is 9.69. The van der Waals surface area contributed by atoms with Crippen LogP contribution in [0.3, 0.4) is 0 Å². The van der Waals surface area contributed by atoms with Gasteiger partial charge in [-0.25, -0.2) is 4.39 Å². The van der Waals surface area contributed by atoms with Gasteiger partial charge in [-0.1, -0.05) is 30.3 Å². The van der Waals surface area contributed by atoms with Crippen LogP contribution in [0, 0.1) is 12.7 Å². The summed E-state index contributed by atoms with van der Waals surface area (Å²) in [5, 5.41) is 0. The largest absolute Gasteiger partial charge is 0.339 e. The number of likely N-dealkylation sites (tertiary alicyclic amines) is 1. The van der Waals surface area contributed by atoms with Crippen LogP contribution in [0.4, 0.5) is 4.39 Å². The predicted octanol–water partition coefficient (Wildman–Crippen LogP) is 5.22. The minimum atomic E-state index is -0.231. The van der Waals surface area contributed by atoms with Gasteiger partial charge in [-0.05, 0) is 67.3 Å². The average molecular weight is 374 g/mol. The van der Waals surface area contributed by atoms with Crippen LogP contribution in [0.25, 0.3) is 11.1 Å². The van der Waals surface area contributed by atoms with Gasteiger partial charge in [-0.2, -0.15) is 0 Å². The lowest BCUT2D eigenvalue weighted by atomic mass is 9.91. The summed E-state index contributed by atoms with van der Waals surface area (Å²) in [5.41, 5.74) is 4.81. The van der Waals surface area contributed by atoms with E-state index in [1.54, 1.807) is 12.1 Å². The van der Waals surface area contributed by atoms with Crippen molar-refractivity contribution in [2.75, 3.05) is 13.1 Å². The van der Waals surface area contributed by atoms with E-state index in [1.807, 2.05) is 48.2 Å². The van der Waals surface area contributed by atoms with Gasteiger partial charge < -0.3 is 4.90 Å². The first-order valence-corrected chi connectivity index (χ1v) is 9.69. The molecule has 3 aromatic rings. The van der Waals surface area contributed by atoms with E-state index < -0.39 is 0 Å². The maximum Gasteiger partial charge on any atom is 0.253 e. The molecular weight excluding hydrogens is 351 g/mol. The van der Waals surface area contributed by atoms with Gasteiger partial charge in [0.2, 0.25) is 0 Å². The lowest BCUT2D eigenvalue weighted by Gasteiger charge is -2.32. The van der Waals surface area contributed by atoms with E-state index in [9.17, 15) is 9.18 Å². The molecule has 1 aromatic heterocycles. The molecule has 0 bridgehead atoms. The molecular formula is C24H23FN2O. The quantitative estimate of drug-likeness (QED) is 0.630. The number of halogens is 1. The Hall–Kier alpha value is -3.01. The number of nitrogens with zero attached hydrogens (tertiary/aromatic N) is 2. The monoisotopic (exact) mass is 374 g/mol. The highest BCUT2D eigenvalue weighted by Crippen LogP contribution is 2.31. The molecule has 1 aliphatic heterocycles. The first-order chi connectivity index (χ1) is 13.6. The number of aromatic nitrogens is 1. The summed E-state index contributed by atoms with van der Waals surface area (Å²) in [5.74, 6) is 0.201. The minimum absolute atomic E-state index is 0.100. The highest BCUT2D eigenvalue weighted by Gasteiger charge is 2.25. The maximum absolute atomic E-state index is 13.2. The lowest BCUT2D eigenvalue weighted by Crippen LogP contribution is -2.38. The van der Waals surface area contributed by atoms with Gasteiger partial charge in [-0.3, -0.25) is 9.78 Å². The fourth-order valence-electron chi connectivity index (χ4n) is 3.85. The van der Waals surface area contributed by atoms with Crippen molar-refractivity contribution in [3.05, 3.63) is 89.5 Å². The molecule has 1 saturated heterocycles. The van der Waals surface area contributed by atoms with Gasteiger partial charge in [0.15, 0.2) is 0 Å². The zero-order valence-electron chi connectivity index (χ0n) is 15.9. The standard InChI is InChI=1S/C24H23FN2O/c1-17-15-21(18-7-9-22(25)10-8-18)16-23(26-17)19-11-13-27(14-12-19)24(28)20-5-3-2-4-6-20/h2-10,15-16,19H,11-14H2,1H3. The third kappa shape index (κ3) is 3.96. The molecule has 0 atom stereocenters. The highest BCUT2D eigenvalue weighted by molar-refractivity contribution is 5.94. The van der Waals surface area contributed by atoms with Crippen molar-refractivity contribution in [3.63, 3.8) is 0 Å². The van der Waals surface area contributed by atoms with Crippen LogP contribution in [0.15, 0.2) is 66.7 Å². The Morgan fingerprint density at radius 2 is 1.64 bits per heavy atom. The molecule has 2 aromatic carbocycles. The number of benzene rings is 2. The summed E-state index contributed by atoms with van der Waals surface area (Å²) in [6.07, 6.45) is 1.80. The number of hydrogen-bond acceptors (Lipinski definition) is 2. The number of pyridine rings is 1. The van der Waals surface area contributed by atoms with Gasteiger partial charge in [0, 0.05) is 36.0 Å². The van der Waals surface area contributed by atoms with Gasteiger partial charge >= 0.3 is 0 Å². The van der Waals surface area contributed by atoms with Gasteiger partial charge in [0.1, 0.15) is 5.82 Å². The Bertz CT molecular complexity index is 962. The minimum Gasteiger partial charge on any atom is -0.339 e. The molecule has 4 rings (SSSR count). The topological polar surface area (TPSA) is 33.2 Å². The molecule has 1 amide bonds. The van der Waals surface area contributed by atoms with Gasteiger partial charge in [0.25, 0.3) is 5.91 Å². The van der Waals surface area contributed by atoms with E-state index in [1.165, 1.54) is 12.1 Å². The molecule has 28 heavy (non-hydrogen) atoms. The summed E-state index contributed by atoms with van der Waals surface area (Å²) in [6.45, 7) is 3.46. The number of rotatable bonds is 3. The van der Waals surface area contributed by atoms with Crippen LogP contribution < -0.4 is 0 Å². The summed E-state index contributed by atoms with van der Waals surface area (Å²) < 4.78 is 13.2. The highest BCUT2D eigenvalue weighted by atomic mass is 19.1. The fourth-order valence-corrected chi connectivity index (χ4v) is 3.85. The zero-order valence-corrected chi connectivity index (χ0v) is 15.9. The van der Waals surface area contributed by atoms with E-state index in [-0.39, 0.29) is 11.7 Å². The molecule has 0 aliphatic carbocycles. The molecule has 3 nitrogen and oxygen atoms in total. The SMILES string of the molecule is Cc1cc(-c2ccc(F)cc2)cc(C2CCN(C(=O)c3ccccc3)CC2)n1. The van der Waals surface area contributed by atoms with Crippen LogP contribution in [-0.2, 0) is 0 Å². The van der Waals surface area contributed by atoms with Crippen LogP contribution in [-0.4, -0.2) is 28.9 Å². The number of aryl methyl sites for hydroxylation is 1. The van der Waals surface area contributed by atoms with Crippen molar-refractivity contribution in [3.8, 4) is 11.1 Å². The smallest absolute Gasteiger partial charge is 0.253 e. The molecule has 0 saturated carbocycles. The third-order valence-corrected chi connectivity index (χ3v) is 5.37. The Labute approximate surface area is 164 Å². The van der Waals surface area contributed by atoms with Crippen molar-refractivity contribution in [1.29, 1.82) is 0 Å². The molecule has 0 unspecified atom stereocenters. The molecule has 1 aliphatic rings.